The highest BCUT2D eigenvalue weighted by Gasteiger charge is 2.52. The Morgan fingerprint density at radius 1 is 1.50 bits per heavy atom. The van der Waals surface area contributed by atoms with Crippen molar-refractivity contribution in [1.29, 1.82) is 0 Å². The number of aryl methyl sites for hydroxylation is 1. The van der Waals surface area contributed by atoms with Crippen LogP contribution in [0.25, 0.3) is 0 Å². The van der Waals surface area contributed by atoms with Crippen LogP contribution < -0.4 is 11.1 Å². The molecule has 2 rings (SSSR count). The first kappa shape index (κ1) is 10.3. The molecule has 2 heterocycles. The van der Waals surface area contributed by atoms with Crippen LogP contribution in [0.4, 0.5) is 11.6 Å². The van der Waals surface area contributed by atoms with E-state index in [1.165, 1.54) is 6.92 Å². The number of nitrogens with two attached hydrogens (primary N) is 1. The highest BCUT2D eigenvalue weighted by atomic mass is 16.4. The Bertz CT molecular complexity index is 514. The first-order valence-corrected chi connectivity index (χ1v) is 4.56. The highest BCUT2D eigenvalue weighted by molar-refractivity contribution is 6.18. The number of nitrogen functional groups attached to an aromatic ring is 1. The van der Waals surface area contributed by atoms with Crippen LogP contribution in [-0.4, -0.2) is 27.0 Å². The molecule has 1 aromatic heterocycles. The Morgan fingerprint density at radius 3 is 2.69 bits per heavy atom. The van der Waals surface area contributed by atoms with Gasteiger partial charge >= 0.3 is 5.97 Å². The molecule has 7 heteroatoms. The Morgan fingerprint density at radius 2 is 2.12 bits per heavy atom. The number of hydrogen-bond donors (Lipinski definition) is 3. The van der Waals surface area contributed by atoms with Crippen molar-refractivity contribution in [3.63, 3.8) is 0 Å². The van der Waals surface area contributed by atoms with Crippen molar-refractivity contribution in [2.45, 2.75) is 19.3 Å². The van der Waals surface area contributed by atoms with E-state index in [1.807, 2.05) is 0 Å². The maximum Gasteiger partial charge on any atom is 0.323 e. The number of aliphatic carboxylic acids is 1. The van der Waals surface area contributed by atoms with Gasteiger partial charge in [-0.15, -0.1) is 0 Å². The van der Waals surface area contributed by atoms with Gasteiger partial charge in [-0.1, -0.05) is 0 Å². The number of nitrogens with zero attached hydrogens (tertiary/aromatic N) is 2. The van der Waals surface area contributed by atoms with E-state index in [-0.39, 0.29) is 17.2 Å². The van der Waals surface area contributed by atoms with E-state index < -0.39 is 17.3 Å². The lowest BCUT2D eigenvalue weighted by atomic mass is 9.85. The van der Waals surface area contributed by atoms with Gasteiger partial charge in [0.05, 0.1) is 5.56 Å². The summed E-state index contributed by atoms with van der Waals surface area (Å²) in [7, 11) is 0. The van der Waals surface area contributed by atoms with Gasteiger partial charge in [0.1, 0.15) is 17.5 Å². The monoisotopic (exact) mass is 222 g/mol. The molecule has 0 aliphatic carbocycles. The highest BCUT2D eigenvalue weighted by Crippen LogP contribution is 2.39. The molecule has 0 fully saturated rings. The molecule has 1 unspecified atom stereocenters. The molecular weight excluding hydrogens is 212 g/mol. The predicted molar refractivity (Wildman–Crippen MR) is 54.8 cm³/mol. The van der Waals surface area contributed by atoms with Crippen LogP contribution in [0.3, 0.4) is 0 Å². The standard InChI is InChI=1S/C9H10N4O3/c1-3-11-5(10)4-6(12-3)13-7(14)9(4,2)8(15)16/h1-2H3,(H,15,16)(H3,10,11,12,13,14). The van der Waals surface area contributed by atoms with Gasteiger partial charge in [-0.2, -0.15) is 0 Å². The van der Waals surface area contributed by atoms with Gasteiger partial charge in [0.15, 0.2) is 5.41 Å². The maximum absolute atomic E-state index is 11.6. The number of aromatic nitrogens is 2. The molecule has 7 nitrogen and oxygen atoms in total. The number of carbonyl (C=O) groups is 2. The van der Waals surface area contributed by atoms with E-state index in [0.717, 1.165) is 0 Å². The number of hydrogen-bond acceptors (Lipinski definition) is 5. The molecule has 4 N–H and O–H groups in total. The molecule has 1 aromatic rings. The first-order chi connectivity index (χ1) is 7.37. The third-order valence-electron chi connectivity index (χ3n) is 2.66. The van der Waals surface area contributed by atoms with Crippen LogP contribution >= 0.6 is 0 Å². The number of carboxylic acid groups (broad SMARTS) is 1. The van der Waals surface area contributed by atoms with Crippen molar-refractivity contribution < 1.29 is 14.7 Å². The molecule has 1 amide bonds. The Balaban J connectivity index is 2.75. The van der Waals surface area contributed by atoms with E-state index in [0.29, 0.717) is 5.82 Å². The van der Waals surface area contributed by atoms with E-state index in [1.54, 1.807) is 6.92 Å². The Kier molecular flexibility index (Phi) is 1.88. The van der Waals surface area contributed by atoms with E-state index in [4.69, 9.17) is 10.8 Å². The summed E-state index contributed by atoms with van der Waals surface area (Å²) >= 11 is 0. The largest absolute Gasteiger partial charge is 0.480 e. The van der Waals surface area contributed by atoms with Crippen LogP contribution in [-0.2, 0) is 15.0 Å². The van der Waals surface area contributed by atoms with Crippen LogP contribution in [0.1, 0.15) is 18.3 Å². The molecule has 1 aliphatic heterocycles. The number of fused-ring (bicyclic) bond motifs is 1. The number of carboxylic acids is 1. The summed E-state index contributed by atoms with van der Waals surface area (Å²) in [5.41, 5.74) is 4.06. The molecule has 1 aliphatic rings. The van der Waals surface area contributed by atoms with Gasteiger partial charge in [-0.25, -0.2) is 9.97 Å². The minimum absolute atomic E-state index is 0.0192. The average molecular weight is 222 g/mol. The number of carbonyl (C=O) groups excluding carboxylic acids is 1. The smallest absolute Gasteiger partial charge is 0.323 e. The Labute approximate surface area is 90.7 Å². The molecule has 0 spiro atoms. The van der Waals surface area contributed by atoms with Crippen molar-refractivity contribution in [1.82, 2.24) is 9.97 Å². The molecule has 16 heavy (non-hydrogen) atoms. The normalized spacial score (nSPS) is 22.8. The second-order valence-electron chi connectivity index (χ2n) is 3.76. The van der Waals surface area contributed by atoms with Crippen molar-refractivity contribution in [3.8, 4) is 0 Å². The number of anilines is 2. The van der Waals surface area contributed by atoms with E-state index >= 15 is 0 Å². The number of amides is 1. The fraction of sp³-hybridized carbons (Fsp3) is 0.333. The van der Waals surface area contributed by atoms with Crippen LogP contribution in [0, 0.1) is 6.92 Å². The lowest BCUT2D eigenvalue weighted by Gasteiger charge is -2.16. The third-order valence-corrected chi connectivity index (χ3v) is 2.66. The summed E-state index contributed by atoms with van der Waals surface area (Å²) < 4.78 is 0. The molecule has 1 atom stereocenters. The van der Waals surface area contributed by atoms with Gasteiger partial charge in [-0.05, 0) is 13.8 Å². The first-order valence-electron chi connectivity index (χ1n) is 4.56. The zero-order chi connectivity index (χ0) is 12.1. The van der Waals surface area contributed by atoms with Gasteiger partial charge in [0, 0.05) is 0 Å². The molecule has 0 bridgehead atoms. The SMILES string of the molecule is Cc1nc(N)c2c(n1)NC(=O)C2(C)C(=O)O. The summed E-state index contributed by atoms with van der Waals surface area (Å²) in [6.45, 7) is 2.89. The lowest BCUT2D eigenvalue weighted by Crippen LogP contribution is -2.39. The average Bonchev–Trinajstić information content (AvgIpc) is 2.39. The quantitative estimate of drug-likeness (QED) is 0.559. The topological polar surface area (TPSA) is 118 Å². The second kappa shape index (κ2) is 2.91. The van der Waals surface area contributed by atoms with Gasteiger partial charge in [0.25, 0.3) is 0 Å². The summed E-state index contributed by atoms with van der Waals surface area (Å²) in [6.07, 6.45) is 0. The Hall–Kier alpha value is -2.18. The molecular formula is C9H10N4O3. The van der Waals surface area contributed by atoms with Crippen molar-refractivity contribution >= 4 is 23.5 Å². The molecule has 0 radical (unpaired) electrons. The summed E-state index contributed by atoms with van der Waals surface area (Å²) in [5.74, 6) is -1.35. The third kappa shape index (κ3) is 1.08. The zero-order valence-electron chi connectivity index (χ0n) is 8.74. The minimum atomic E-state index is -1.72. The van der Waals surface area contributed by atoms with E-state index in [9.17, 15) is 9.59 Å². The minimum Gasteiger partial charge on any atom is -0.480 e. The molecule has 0 saturated heterocycles. The fourth-order valence-corrected chi connectivity index (χ4v) is 1.73. The molecule has 84 valence electrons. The maximum atomic E-state index is 11.6. The molecule has 0 saturated carbocycles. The predicted octanol–water partition coefficient (Wildman–Crippen LogP) is -0.338. The number of nitrogens with one attached hydrogen (secondary N) is 1. The van der Waals surface area contributed by atoms with Gasteiger partial charge < -0.3 is 16.2 Å². The fourth-order valence-electron chi connectivity index (χ4n) is 1.73. The second-order valence-corrected chi connectivity index (χ2v) is 3.76. The van der Waals surface area contributed by atoms with Crippen LogP contribution in [0.2, 0.25) is 0 Å². The van der Waals surface area contributed by atoms with Crippen molar-refractivity contribution in [3.05, 3.63) is 11.4 Å². The van der Waals surface area contributed by atoms with Crippen molar-refractivity contribution in [2.24, 2.45) is 0 Å². The summed E-state index contributed by atoms with van der Waals surface area (Å²) in [6, 6.07) is 0. The molecule has 0 aromatic carbocycles. The van der Waals surface area contributed by atoms with Crippen LogP contribution in [0.5, 0.6) is 0 Å². The lowest BCUT2D eigenvalue weighted by molar-refractivity contribution is -0.146. The zero-order valence-corrected chi connectivity index (χ0v) is 8.74. The summed E-state index contributed by atoms with van der Waals surface area (Å²) in [4.78, 5) is 30.6. The van der Waals surface area contributed by atoms with E-state index in [2.05, 4.69) is 15.3 Å². The van der Waals surface area contributed by atoms with Crippen molar-refractivity contribution in [2.75, 3.05) is 11.1 Å². The van der Waals surface area contributed by atoms with Gasteiger partial charge in [-0.3, -0.25) is 9.59 Å². The van der Waals surface area contributed by atoms with Crippen LogP contribution in [0.15, 0.2) is 0 Å². The number of rotatable bonds is 1. The van der Waals surface area contributed by atoms with Gasteiger partial charge in [0.2, 0.25) is 5.91 Å². The summed E-state index contributed by atoms with van der Waals surface area (Å²) in [5, 5.41) is 11.5.